The normalized spacial score (nSPS) is 24.3. The van der Waals surface area contributed by atoms with Gasteiger partial charge < -0.3 is 10.2 Å². The van der Waals surface area contributed by atoms with E-state index in [1.165, 1.54) is 25.7 Å². The molecule has 1 saturated heterocycles. The Morgan fingerprint density at radius 3 is 2.83 bits per heavy atom. The monoisotopic (exact) mass is 266 g/mol. The van der Waals surface area contributed by atoms with Gasteiger partial charge in [-0.05, 0) is 43.9 Å². The molecule has 1 N–H and O–H groups in total. The zero-order valence-electron chi connectivity index (χ0n) is 10.5. The van der Waals surface area contributed by atoms with Crippen LogP contribution in [-0.4, -0.2) is 35.9 Å². The van der Waals surface area contributed by atoms with E-state index in [1.807, 2.05) is 12.1 Å². The van der Waals surface area contributed by atoms with Crippen LogP contribution in [0.25, 0.3) is 0 Å². The summed E-state index contributed by atoms with van der Waals surface area (Å²) < 4.78 is 0. The highest BCUT2D eigenvalue weighted by Gasteiger charge is 2.25. The molecule has 0 radical (unpaired) electrons. The predicted molar refractivity (Wildman–Crippen MR) is 73.0 cm³/mol. The molecule has 0 aromatic carbocycles. The molecule has 4 nitrogen and oxygen atoms in total. The first-order valence-corrected chi connectivity index (χ1v) is 7.16. The molecule has 2 aliphatic rings. The maximum atomic E-state index is 5.75. The standard InChI is InChI=1S/C13H19ClN4/c14-12-4-5-13(17-16-12)18-7-6-10(9-18)8-15-11-2-1-3-11/h4-5,10-11,15H,1-3,6-9H2. The van der Waals surface area contributed by atoms with Crippen LogP contribution in [0.3, 0.4) is 0 Å². The van der Waals surface area contributed by atoms with E-state index < -0.39 is 0 Å². The second-order valence-electron chi connectivity index (χ2n) is 5.35. The number of rotatable bonds is 4. The highest BCUT2D eigenvalue weighted by Crippen LogP contribution is 2.23. The lowest BCUT2D eigenvalue weighted by atomic mass is 9.92. The minimum absolute atomic E-state index is 0.459. The third kappa shape index (κ3) is 2.75. The van der Waals surface area contributed by atoms with Gasteiger partial charge in [-0.1, -0.05) is 18.0 Å². The Morgan fingerprint density at radius 2 is 2.17 bits per heavy atom. The van der Waals surface area contributed by atoms with Gasteiger partial charge in [0.15, 0.2) is 11.0 Å². The first-order valence-electron chi connectivity index (χ1n) is 6.79. The Labute approximate surface area is 113 Å². The molecular weight excluding hydrogens is 248 g/mol. The Bertz CT molecular complexity index is 390. The van der Waals surface area contributed by atoms with Crippen LogP contribution in [0.1, 0.15) is 25.7 Å². The summed E-state index contributed by atoms with van der Waals surface area (Å²) in [6, 6.07) is 4.55. The summed E-state index contributed by atoms with van der Waals surface area (Å²) in [6.07, 6.45) is 5.36. The van der Waals surface area contributed by atoms with Gasteiger partial charge in [0.2, 0.25) is 0 Å². The SMILES string of the molecule is Clc1ccc(N2CCC(CNC3CCC3)C2)nn1. The van der Waals surface area contributed by atoms with Crippen molar-refractivity contribution in [1.82, 2.24) is 15.5 Å². The first kappa shape index (κ1) is 12.2. The van der Waals surface area contributed by atoms with Crippen molar-refractivity contribution in [3.05, 3.63) is 17.3 Å². The maximum absolute atomic E-state index is 5.75. The van der Waals surface area contributed by atoms with Crippen LogP contribution in [0.4, 0.5) is 5.82 Å². The average Bonchev–Trinajstić information content (AvgIpc) is 2.77. The molecule has 1 saturated carbocycles. The molecule has 2 fully saturated rings. The van der Waals surface area contributed by atoms with E-state index in [2.05, 4.69) is 20.4 Å². The molecule has 2 heterocycles. The fourth-order valence-corrected chi connectivity index (χ4v) is 2.73. The number of anilines is 1. The Kier molecular flexibility index (Phi) is 3.66. The van der Waals surface area contributed by atoms with E-state index >= 15 is 0 Å². The van der Waals surface area contributed by atoms with Gasteiger partial charge in [-0.25, -0.2) is 0 Å². The first-order chi connectivity index (χ1) is 8.81. The van der Waals surface area contributed by atoms with Gasteiger partial charge in [0.25, 0.3) is 0 Å². The number of hydrogen-bond acceptors (Lipinski definition) is 4. The topological polar surface area (TPSA) is 41.0 Å². The van der Waals surface area contributed by atoms with E-state index in [0.29, 0.717) is 5.15 Å². The van der Waals surface area contributed by atoms with Crippen LogP contribution in [0.5, 0.6) is 0 Å². The van der Waals surface area contributed by atoms with Crippen LogP contribution < -0.4 is 10.2 Å². The molecule has 18 heavy (non-hydrogen) atoms. The number of halogens is 1. The van der Waals surface area contributed by atoms with Crippen molar-refractivity contribution < 1.29 is 0 Å². The molecule has 1 aliphatic heterocycles. The Morgan fingerprint density at radius 1 is 1.28 bits per heavy atom. The van der Waals surface area contributed by atoms with E-state index in [-0.39, 0.29) is 0 Å². The van der Waals surface area contributed by atoms with Gasteiger partial charge in [0.1, 0.15) is 0 Å². The fourth-order valence-electron chi connectivity index (χ4n) is 2.63. The van der Waals surface area contributed by atoms with E-state index in [4.69, 9.17) is 11.6 Å². The molecule has 1 atom stereocenters. The van der Waals surface area contributed by atoms with Crippen LogP contribution in [0, 0.1) is 5.92 Å². The largest absolute Gasteiger partial charge is 0.355 e. The molecule has 0 spiro atoms. The van der Waals surface area contributed by atoms with Crippen molar-refractivity contribution in [2.45, 2.75) is 31.7 Å². The molecule has 98 valence electrons. The molecule has 1 aliphatic carbocycles. The van der Waals surface area contributed by atoms with Crippen LogP contribution in [-0.2, 0) is 0 Å². The second-order valence-corrected chi connectivity index (χ2v) is 5.74. The van der Waals surface area contributed by atoms with E-state index in [1.54, 1.807) is 0 Å². The summed E-state index contributed by atoms with van der Waals surface area (Å²) in [6.45, 7) is 3.30. The van der Waals surface area contributed by atoms with Crippen molar-refractivity contribution in [3.63, 3.8) is 0 Å². The lowest BCUT2D eigenvalue weighted by Gasteiger charge is -2.28. The van der Waals surface area contributed by atoms with E-state index in [0.717, 1.165) is 37.4 Å². The lowest BCUT2D eigenvalue weighted by Crippen LogP contribution is -2.38. The summed E-state index contributed by atoms with van der Waals surface area (Å²) in [4.78, 5) is 2.30. The number of aromatic nitrogens is 2. The summed E-state index contributed by atoms with van der Waals surface area (Å²) in [5.74, 6) is 1.69. The minimum Gasteiger partial charge on any atom is -0.355 e. The molecular formula is C13H19ClN4. The fraction of sp³-hybridized carbons (Fsp3) is 0.692. The van der Waals surface area contributed by atoms with Gasteiger partial charge in [0, 0.05) is 19.1 Å². The maximum Gasteiger partial charge on any atom is 0.151 e. The number of nitrogens with zero attached hydrogens (tertiary/aromatic N) is 3. The molecule has 3 rings (SSSR count). The molecule has 1 aromatic heterocycles. The molecule has 0 amide bonds. The molecule has 0 bridgehead atoms. The molecule has 1 unspecified atom stereocenters. The minimum atomic E-state index is 0.459. The van der Waals surface area contributed by atoms with Crippen LogP contribution in [0.15, 0.2) is 12.1 Å². The summed E-state index contributed by atoms with van der Waals surface area (Å²) in [5, 5.41) is 12.2. The second kappa shape index (κ2) is 5.41. The summed E-state index contributed by atoms with van der Waals surface area (Å²) in [5.41, 5.74) is 0. The smallest absolute Gasteiger partial charge is 0.151 e. The summed E-state index contributed by atoms with van der Waals surface area (Å²) >= 11 is 5.75. The van der Waals surface area contributed by atoms with Crippen molar-refractivity contribution in [3.8, 4) is 0 Å². The Hall–Kier alpha value is -0.870. The zero-order valence-corrected chi connectivity index (χ0v) is 11.2. The quantitative estimate of drug-likeness (QED) is 0.906. The third-order valence-electron chi connectivity index (χ3n) is 4.03. The van der Waals surface area contributed by atoms with Gasteiger partial charge in [-0.15, -0.1) is 10.2 Å². The van der Waals surface area contributed by atoms with Crippen LogP contribution >= 0.6 is 11.6 Å². The molecule has 1 aromatic rings. The third-order valence-corrected chi connectivity index (χ3v) is 4.23. The number of hydrogen-bond donors (Lipinski definition) is 1. The Balaban J connectivity index is 1.49. The predicted octanol–water partition coefficient (Wildman–Crippen LogP) is 2.10. The molecule has 5 heteroatoms. The van der Waals surface area contributed by atoms with Crippen LogP contribution in [0.2, 0.25) is 5.15 Å². The lowest BCUT2D eigenvalue weighted by molar-refractivity contribution is 0.321. The van der Waals surface area contributed by atoms with Crippen molar-refractivity contribution in [1.29, 1.82) is 0 Å². The van der Waals surface area contributed by atoms with Gasteiger partial charge in [0.05, 0.1) is 0 Å². The van der Waals surface area contributed by atoms with Crippen molar-refractivity contribution in [2.75, 3.05) is 24.5 Å². The van der Waals surface area contributed by atoms with Gasteiger partial charge in [-0.3, -0.25) is 0 Å². The zero-order chi connectivity index (χ0) is 12.4. The number of nitrogens with one attached hydrogen (secondary N) is 1. The average molecular weight is 267 g/mol. The highest BCUT2D eigenvalue weighted by molar-refractivity contribution is 6.29. The van der Waals surface area contributed by atoms with E-state index in [9.17, 15) is 0 Å². The van der Waals surface area contributed by atoms with Gasteiger partial charge >= 0.3 is 0 Å². The summed E-state index contributed by atoms with van der Waals surface area (Å²) in [7, 11) is 0. The van der Waals surface area contributed by atoms with Crippen molar-refractivity contribution >= 4 is 17.4 Å². The van der Waals surface area contributed by atoms with Gasteiger partial charge in [-0.2, -0.15) is 0 Å². The highest BCUT2D eigenvalue weighted by atomic mass is 35.5. The van der Waals surface area contributed by atoms with Crippen molar-refractivity contribution in [2.24, 2.45) is 5.92 Å².